The van der Waals surface area contributed by atoms with E-state index in [9.17, 15) is 41.8 Å². The van der Waals surface area contributed by atoms with Crippen molar-refractivity contribution in [1.29, 1.82) is 0 Å². The average Bonchev–Trinajstić information content (AvgIpc) is 3.43. The van der Waals surface area contributed by atoms with Gasteiger partial charge in [0.1, 0.15) is 11.5 Å². The van der Waals surface area contributed by atoms with Crippen molar-refractivity contribution in [3.8, 4) is 11.5 Å². The summed E-state index contributed by atoms with van der Waals surface area (Å²) in [5, 5.41) is 11.9. The number of hydrogen-bond donors (Lipinski definition) is 1. The molecule has 4 aliphatic rings. The van der Waals surface area contributed by atoms with Crippen LogP contribution in [0.5, 0.6) is 11.5 Å². The van der Waals surface area contributed by atoms with Crippen LogP contribution in [0.25, 0.3) is 0 Å². The van der Waals surface area contributed by atoms with Gasteiger partial charge >= 0.3 is 6.18 Å². The van der Waals surface area contributed by atoms with Gasteiger partial charge in [0, 0.05) is 13.0 Å². The summed E-state index contributed by atoms with van der Waals surface area (Å²) in [5.41, 5.74) is -0.685. The van der Waals surface area contributed by atoms with E-state index >= 15 is 0 Å². The molecule has 6 atom stereocenters. The van der Waals surface area contributed by atoms with Gasteiger partial charge < -0.3 is 9.84 Å². The van der Waals surface area contributed by atoms with Crippen molar-refractivity contribution in [2.24, 2.45) is 17.8 Å². The molecule has 18 heteroatoms. The third-order valence-corrected chi connectivity index (χ3v) is 12.5. The average molecular weight is 847 g/mol. The van der Waals surface area contributed by atoms with Crippen LogP contribution in [0.3, 0.4) is 0 Å². The standard InChI is InChI=1S/C34H24BrCl3F4N4O6/c1-44(27-21(36)9-10-23(43-27)34(40,41)42)46-28(48)18-8-7-17-19(24(18)29(46)49)13-32(37)30(50)45(16-5-3-15(39)4-6-16)31(51)33(32,38)25(17)14-11-20(35)26(47)22(12-14)52-2/h3-7,9-12,18-19,24-25,47H,8,13H2,1-2H3/t18-,19+,24-,25-,32+,33-/m0/s1. The fraction of sp³-hybridized carbons (Fsp3) is 0.324. The van der Waals surface area contributed by atoms with Gasteiger partial charge in [-0.1, -0.05) is 23.3 Å². The number of hydrazine groups is 1. The van der Waals surface area contributed by atoms with Crippen LogP contribution in [0.2, 0.25) is 5.02 Å². The first-order valence-electron chi connectivity index (χ1n) is 15.5. The highest BCUT2D eigenvalue weighted by Gasteiger charge is 2.76. The predicted octanol–water partition coefficient (Wildman–Crippen LogP) is 6.98. The molecular weight excluding hydrogens is 823 g/mol. The Morgan fingerprint density at radius 3 is 2.33 bits per heavy atom. The van der Waals surface area contributed by atoms with Crippen LogP contribution < -0.4 is 14.6 Å². The number of nitrogens with zero attached hydrogens (tertiary/aromatic N) is 4. The number of aromatic hydroxyl groups is 1. The fourth-order valence-electron chi connectivity index (χ4n) is 7.88. The molecule has 3 fully saturated rings. The van der Waals surface area contributed by atoms with Crippen LogP contribution in [-0.2, 0) is 25.4 Å². The number of pyridine rings is 1. The number of hydrogen-bond acceptors (Lipinski definition) is 8. The van der Waals surface area contributed by atoms with Crippen LogP contribution in [-0.4, -0.2) is 62.6 Å². The van der Waals surface area contributed by atoms with Gasteiger partial charge in [-0.2, -0.15) is 18.2 Å². The Hall–Kier alpha value is -3.92. The third kappa shape index (κ3) is 5.06. The Morgan fingerprint density at radius 2 is 1.69 bits per heavy atom. The lowest BCUT2D eigenvalue weighted by atomic mass is 9.56. The summed E-state index contributed by atoms with van der Waals surface area (Å²) in [4.78, 5) is 57.2. The number of phenolic OH excluding ortho intramolecular Hbond substituents is 1. The number of imide groups is 2. The molecule has 52 heavy (non-hydrogen) atoms. The number of carbonyl (C=O) groups is 4. The van der Waals surface area contributed by atoms with Gasteiger partial charge in [-0.25, -0.2) is 14.3 Å². The maximum Gasteiger partial charge on any atom is 0.433 e. The third-order valence-electron chi connectivity index (χ3n) is 10.2. The molecule has 2 aliphatic carbocycles. The van der Waals surface area contributed by atoms with Crippen molar-refractivity contribution in [3.63, 3.8) is 0 Å². The van der Waals surface area contributed by atoms with Crippen molar-refractivity contribution in [2.75, 3.05) is 24.1 Å². The number of benzene rings is 2. The van der Waals surface area contributed by atoms with E-state index in [-0.39, 0.29) is 38.7 Å². The number of carbonyl (C=O) groups excluding carboxylic acids is 4. The number of aromatic nitrogens is 1. The van der Waals surface area contributed by atoms with E-state index < -0.39 is 87.0 Å². The minimum absolute atomic E-state index is 0.0192. The van der Waals surface area contributed by atoms with Gasteiger partial charge in [0.2, 0.25) is 0 Å². The van der Waals surface area contributed by atoms with Crippen molar-refractivity contribution < 1.29 is 46.6 Å². The van der Waals surface area contributed by atoms with Crippen LogP contribution >= 0.6 is 50.7 Å². The minimum atomic E-state index is -4.86. The van der Waals surface area contributed by atoms with Gasteiger partial charge in [0.05, 0.1) is 34.1 Å². The first-order valence-corrected chi connectivity index (χ1v) is 17.4. The zero-order valence-corrected chi connectivity index (χ0v) is 30.6. The van der Waals surface area contributed by atoms with Gasteiger partial charge in [0.15, 0.2) is 27.1 Å². The summed E-state index contributed by atoms with van der Waals surface area (Å²) >= 11 is 24.2. The quantitative estimate of drug-likeness (QED) is 0.127. The molecule has 2 aliphatic heterocycles. The second kappa shape index (κ2) is 12.3. The molecule has 1 aromatic heterocycles. The number of anilines is 2. The molecule has 3 heterocycles. The topological polar surface area (TPSA) is 120 Å². The second-order valence-corrected chi connectivity index (χ2v) is 15.3. The van der Waals surface area contributed by atoms with Crippen molar-refractivity contribution >= 4 is 85.9 Å². The Bertz CT molecular complexity index is 2120. The smallest absolute Gasteiger partial charge is 0.433 e. The molecule has 2 saturated heterocycles. The number of halogens is 8. The number of alkyl halides is 5. The van der Waals surface area contributed by atoms with Crippen molar-refractivity contribution in [3.05, 3.63) is 86.8 Å². The fourth-order valence-corrected chi connectivity index (χ4v) is 9.50. The van der Waals surface area contributed by atoms with Gasteiger partial charge in [0.25, 0.3) is 23.6 Å². The molecule has 1 N–H and O–H groups in total. The number of amides is 4. The molecule has 0 radical (unpaired) electrons. The molecule has 272 valence electrons. The molecule has 0 bridgehead atoms. The van der Waals surface area contributed by atoms with E-state index in [1.807, 2.05) is 0 Å². The summed E-state index contributed by atoms with van der Waals surface area (Å²) in [6.45, 7) is 0. The highest BCUT2D eigenvalue weighted by molar-refractivity contribution is 9.10. The lowest BCUT2D eigenvalue weighted by molar-refractivity contribution is -0.141. The largest absolute Gasteiger partial charge is 0.503 e. The molecule has 7 rings (SSSR count). The normalized spacial score (nSPS) is 28.5. The lowest BCUT2D eigenvalue weighted by Gasteiger charge is -2.50. The highest BCUT2D eigenvalue weighted by Crippen LogP contribution is 2.66. The maximum atomic E-state index is 14.5. The van der Waals surface area contributed by atoms with E-state index in [1.54, 1.807) is 6.08 Å². The van der Waals surface area contributed by atoms with E-state index in [4.69, 9.17) is 39.5 Å². The van der Waals surface area contributed by atoms with Crippen molar-refractivity contribution in [1.82, 2.24) is 9.99 Å². The molecule has 0 unspecified atom stereocenters. The number of allylic oxidation sites excluding steroid dienone is 2. The molecular formula is C34H24BrCl3F4N4O6. The SMILES string of the molecule is COc1cc([C@H]2C3=CC[C@@H]4C(=O)N(N(C)c5nc(C(F)(F)F)ccc5Cl)C(=O)[C@@H]4[C@@H]3C[C@@]3(Cl)C(=O)N(c4ccc(F)cc4)C(=O)[C@@]23Cl)cc(Br)c1O. The zero-order chi connectivity index (χ0) is 37.8. The molecule has 4 amide bonds. The molecule has 10 nitrogen and oxygen atoms in total. The summed E-state index contributed by atoms with van der Waals surface area (Å²) in [7, 11) is 2.47. The van der Waals surface area contributed by atoms with Gasteiger partial charge in [-0.15, -0.1) is 23.2 Å². The molecule has 0 spiro atoms. The van der Waals surface area contributed by atoms with Crippen LogP contribution in [0.1, 0.15) is 30.0 Å². The Morgan fingerprint density at radius 1 is 1.02 bits per heavy atom. The number of fused-ring (bicyclic) bond motifs is 4. The number of methoxy groups -OCH3 is 1. The van der Waals surface area contributed by atoms with Crippen LogP contribution in [0.4, 0.5) is 29.1 Å². The summed E-state index contributed by atoms with van der Waals surface area (Å²) in [6, 6.07) is 8.99. The van der Waals surface area contributed by atoms with E-state index in [1.165, 1.54) is 38.4 Å². The molecule has 1 saturated carbocycles. The number of phenols is 1. The molecule has 3 aromatic rings. The monoisotopic (exact) mass is 844 g/mol. The highest BCUT2D eigenvalue weighted by atomic mass is 79.9. The number of ether oxygens (including phenoxy) is 1. The van der Waals surface area contributed by atoms with Crippen molar-refractivity contribution in [2.45, 2.75) is 34.7 Å². The van der Waals surface area contributed by atoms with Crippen LogP contribution in [0.15, 0.2) is 64.7 Å². The first-order chi connectivity index (χ1) is 24.4. The van der Waals surface area contributed by atoms with Gasteiger partial charge in [-0.05, 0) is 88.8 Å². The minimum Gasteiger partial charge on any atom is -0.503 e. The predicted molar refractivity (Wildman–Crippen MR) is 183 cm³/mol. The summed E-state index contributed by atoms with van der Waals surface area (Å²) in [6.07, 6.45) is -3.69. The zero-order valence-electron chi connectivity index (χ0n) is 26.7. The number of rotatable bonds is 5. The summed E-state index contributed by atoms with van der Waals surface area (Å²) in [5.74, 6) is -9.50. The van der Waals surface area contributed by atoms with Crippen LogP contribution in [0, 0.1) is 23.6 Å². The lowest BCUT2D eigenvalue weighted by Crippen LogP contribution is -2.60. The second-order valence-electron chi connectivity index (χ2n) is 12.8. The maximum absolute atomic E-state index is 14.5. The Balaban J connectivity index is 1.37. The van der Waals surface area contributed by atoms with Gasteiger partial charge in [-0.3, -0.25) is 24.2 Å². The van der Waals surface area contributed by atoms with E-state index in [0.717, 1.165) is 28.1 Å². The molecule has 2 aromatic carbocycles. The first kappa shape index (κ1) is 36.4. The Kier molecular flexibility index (Phi) is 8.63. The van der Waals surface area contributed by atoms with E-state index in [2.05, 4.69) is 20.9 Å². The Labute approximate surface area is 315 Å². The van der Waals surface area contributed by atoms with E-state index in [0.29, 0.717) is 16.6 Å². The summed E-state index contributed by atoms with van der Waals surface area (Å²) < 4.78 is 60.2.